The van der Waals surface area contributed by atoms with E-state index in [2.05, 4.69) is 6.07 Å². The Labute approximate surface area is 122 Å². The van der Waals surface area contributed by atoms with Gasteiger partial charge in [0.1, 0.15) is 0 Å². The third-order valence-electron chi connectivity index (χ3n) is 3.56. The molecule has 0 saturated carbocycles. The van der Waals surface area contributed by atoms with E-state index in [9.17, 15) is 8.42 Å². The van der Waals surface area contributed by atoms with Gasteiger partial charge in [-0.05, 0) is 23.0 Å². The lowest BCUT2D eigenvalue weighted by Crippen LogP contribution is -2.45. The van der Waals surface area contributed by atoms with Crippen LogP contribution in [0.15, 0.2) is 24.3 Å². The van der Waals surface area contributed by atoms with E-state index in [4.69, 9.17) is 5.73 Å². The van der Waals surface area contributed by atoms with Crippen LogP contribution < -0.4 is 5.73 Å². The van der Waals surface area contributed by atoms with Crippen LogP contribution in [0.1, 0.15) is 37.9 Å². The average molecular weight is 296 g/mol. The zero-order valence-electron chi connectivity index (χ0n) is 12.5. The number of nitrogens with two attached hydrogens (primary N) is 1. The first-order valence-corrected chi connectivity index (χ1v) is 8.63. The van der Waals surface area contributed by atoms with Crippen LogP contribution in [-0.2, 0) is 16.4 Å². The van der Waals surface area contributed by atoms with Gasteiger partial charge in [0.15, 0.2) is 0 Å². The summed E-state index contributed by atoms with van der Waals surface area (Å²) >= 11 is 0. The first-order chi connectivity index (χ1) is 9.24. The van der Waals surface area contributed by atoms with Gasteiger partial charge in [-0.15, -0.1) is 0 Å². The van der Waals surface area contributed by atoms with E-state index in [0.717, 1.165) is 12.0 Å². The molecule has 1 aromatic rings. The Hall–Kier alpha value is -0.910. The zero-order chi connectivity index (χ0) is 15.0. The van der Waals surface area contributed by atoms with Gasteiger partial charge in [0, 0.05) is 13.1 Å². The number of benzene rings is 1. The van der Waals surface area contributed by atoms with Crippen molar-refractivity contribution in [1.29, 1.82) is 0 Å². The van der Waals surface area contributed by atoms with Gasteiger partial charge in [0.25, 0.3) is 0 Å². The van der Waals surface area contributed by atoms with E-state index in [1.165, 1.54) is 5.56 Å². The van der Waals surface area contributed by atoms with Crippen molar-refractivity contribution in [1.82, 2.24) is 4.31 Å². The van der Waals surface area contributed by atoms with Gasteiger partial charge < -0.3 is 5.73 Å². The second-order valence-electron chi connectivity index (χ2n) is 6.63. The van der Waals surface area contributed by atoms with Crippen molar-refractivity contribution < 1.29 is 8.42 Å². The molecule has 0 spiro atoms. The van der Waals surface area contributed by atoms with Crippen molar-refractivity contribution in [3.63, 3.8) is 0 Å². The normalized spacial score (nSPS) is 20.7. The van der Waals surface area contributed by atoms with E-state index in [1.807, 2.05) is 39.0 Å². The summed E-state index contributed by atoms with van der Waals surface area (Å²) in [6.07, 6.45) is 0.760. The van der Waals surface area contributed by atoms with E-state index >= 15 is 0 Å². The predicted molar refractivity (Wildman–Crippen MR) is 81.9 cm³/mol. The Morgan fingerprint density at radius 3 is 2.55 bits per heavy atom. The van der Waals surface area contributed by atoms with Gasteiger partial charge in [-0.1, -0.05) is 45.0 Å². The molecule has 0 aliphatic carbocycles. The van der Waals surface area contributed by atoms with Gasteiger partial charge in [-0.2, -0.15) is 4.31 Å². The minimum absolute atomic E-state index is 0.151. The standard InChI is InChI=1S/C15H24N2O2S/c1-15(2,3)11-20(18,19)17-9-8-12-6-4-5-7-13(12)14(17)10-16/h4-7,14H,8-11,16H2,1-3H3. The molecule has 1 unspecified atom stereocenters. The van der Waals surface area contributed by atoms with Crippen LogP contribution in [0.2, 0.25) is 0 Å². The molecule has 0 amide bonds. The molecule has 2 N–H and O–H groups in total. The van der Waals surface area contributed by atoms with Crippen LogP contribution in [0, 0.1) is 5.41 Å². The van der Waals surface area contributed by atoms with Gasteiger partial charge >= 0.3 is 0 Å². The molecule has 112 valence electrons. The van der Waals surface area contributed by atoms with Crippen molar-refractivity contribution >= 4 is 10.0 Å². The Morgan fingerprint density at radius 2 is 1.95 bits per heavy atom. The maximum atomic E-state index is 12.7. The molecule has 0 fully saturated rings. The molecule has 0 aromatic heterocycles. The molecule has 5 heteroatoms. The summed E-state index contributed by atoms with van der Waals surface area (Å²) in [5.41, 5.74) is 7.88. The lowest BCUT2D eigenvalue weighted by Gasteiger charge is -2.37. The summed E-state index contributed by atoms with van der Waals surface area (Å²) in [6, 6.07) is 7.76. The van der Waals surface area contributed by atoms with Crippen LogP contribution >= 0.6 is 0 Å². The molecule has 2 rings (SSSR count). The Morgan fingerprint density at radius 1 is 1.30 bits per heavy atom. The number of rotatable bonds is 3. The highest BCUT2D eigenvalue weighted by Gasteiger charge is 2.36. The molecule has 1 heterocycles. The second-order valence-corrected chi connectivity index (χ2v) is 8.55. The number of fused-ring (bicyclic) bond motifs is 1. The largest absolute Gasteiger partial charge is 0.329 e. The fourth-order valence-corrected chi connectivity index (χ4v) is 5.05. The number of hydrogen-bond donors (Lipinski definition) is 1. The Bertz CT molecular complexity index is 576. The molecule has 1 aromatic carbocycles. The van der Waals surface area contributed by atoms with Gasteiger partial charge in [-0.3, -0.25) is 0 Å². The number of nitrogens with zero attached hydrogens (tertiary/aromatic N) is 1. The van der Waals surface area contributed by atoms with Crippen LogP contribution in [-0.4, -0.2) is 31.6 Å². The lowest BCUT2D eigenvalue weighted by molar-refractivity contribution is 0.306. The maximum Gasteiger partial charge on any atom is 0.215 e. The van der Waals surface area contributed by atoms with Crippen molar-refractivity contribution in [2.75, 3.05) is 18.8 Å². The Balaban J connectivity index is 2.35. The summed E-state index contributed by atoms with van der Waals surface area (Å²) in [5.74, 6) is 0.151. The molecule has 0 radical (unpaired) electrons. The third kappa shape index (κ3) is 3.22. The first kappa shape index (κ1) is 15.5. The summed E-state index contributed by atoms with van der Waals surface area (Å²) in [5, 5.41) is 0. The molecule has 20 heavy (non-hydrogen) atoms. The van der Waals surface area contributed by atoms with E-state index in [1.54, 1.807) is 4.31 Å². The van der Waals surface area contributed by atoms with E-state index in [0.29, 0.717) is 13.1 Å². The summed E-state index contributed by atoms with van der Waals surface area (Å²) < 4.78 is 26.9. The van der Waals surface area contributed by atoms with Crippen LogP contribution in [0.4, 0.5) is 0 Å². The van der Waals surface area contributed by atoms with E-state index < -0.39 is 10.0 Å². The average Bonchev–Trinajstić information content (AvgIpc) is 2.34. The lowest BCUT2D eigenvalue weighted by atomic mass is 9.94. The molecule has 0 saturated heterocycles. The predicted octanol–water partition coefficient (Wildman–Crippen LogP) is 1.92. The molecular weight excluding hydrogens is 272 g/mol. The first-order valence-electron chi connectivity index (χ1n) is 7.02. The van der Waals surface area contributed by atoms with Gasteiger partial charge in [-0.25, -0.2) is 8.42 Å². The number of hydrogen-bond acceptors (Lipinski definition) is 3. The van der Waals surface area contributed by atoms with Crippen LogP contribution in [0.3, 0.4) is 0 Å². The summed E-state index contributed by atoms with van der Waals surface area (Å²) in [4.78, 5) is 0. The quantitative estimate of drug-likeness (QED) is 0.927. The monoisotopic (exact) mass is 296 g/mol. The highest BCUT2D eigenvalue weighted by Crippen LogP contribution is 2.32. The smallest absolute Gasteiger partial charge is 0.215 e. The summed E-state index contributed by atoms with van der Waals surface area (Å²) in [7, 11) is -3.29. The zero-order valence-corrected chi connectivity index (χ0v) is 13.3. The molecule has 1 atom stereocenters. The minimum atomic E-state index is -3.29. The SMILES string of the molecule is CC(C)(C)CS(=O)(=O)N1CCc2ccccc2C1CN. The highest BCUT2D eigenvalue weighted by molar-refractivity contribution is 7.89. The Kier molecular flexibility index (Phi) is 4.23. The minimum Gasteiger partial charge on any atom is -0.329 e. The molecule has 1 aliphatic rings. The molecule has 4 nitrogen and oxygen atoms in total. The fraction of sp³-hybridized carbons (Fsp3) is 0.600. The van der Waals surface area contributed by atoms with Gasteiger partial charge in [0.2, 0.25) is 10.0 Å². The van der Waals surface area contributed by atoms with Crippen molar-refractivity contribution in [3.05, 3.63) is 35.4 Å². The molecular formula is C15H24N2O2S. The topological polar surface area (TPSA) is 63.4 Å². The molecule has 1 aliphatic heterocycles. The van der Waals surface area contributed by atoms with Gasteiger partial charge in [0.05, 0.1) is 11.8 Å². The third-order valence-corrected chi connectivity index (χ3v) is 5.94. The summed E-state index contributed by atoms with van der Waals surface area (Å²) in [6.45, 7) is 6.68. The van der Waals surface area contributed by atoms with Crippen LogP contribution in [0.25, 0.3) is 0 Å². The van der Waals surface area contributed by atoms with Crippen molar-refractivity contribution in [2.24, 2.45) is 11.1 Å². The molecule has 0 bridgehead atoms. The van der Waals surface area contributed by atoms with Crippen LogP contribution in [0.5, 0.6) is 0 Å². The highest BCUT2D eigenvalue weighted by atomic mass is 32.2. The maximum absolute atomic E-state index is 12.7. The van der Waals surface area contributed by atoms with Crippen molar-refractivity contribution in [2.45, 2.75) is 33.2 Å². The second kappa shape index (κ2) is 5.47. The van der Waals surface area contributed by atoms with Crippen molar-refractivity contribution in [3.8, 4) is 0 Å². The number of sulfonamides is 1. The van der Waals surface area contributed by atoms with E-state index in [-0.39, 0.29) is 17.2 Å². The fourth-order valence-electron chi connectivity index (χ4n) is 2.84.